The molecule has 1 rings (SSSR count). The minimum absolute atomic E-state index is 0.239. The van der Waals surface area contributed by atoms with Crippen molar-refractivity contribution in [2.24, 2.45) is 0 Å². The second-order valence-electron chi connectivity index (χ2n) is 5.23. The first-order valence-electron chi connectivity index (χ1n) is 7.10. The quantitative estimate of drug-likeness (QED) is 0.777. The monoisotopic (exact) mass is 278 g/mol. The second kappa shape index (κ2) is 7.29. The summed E-state index contributed by atoms with van der Waals surface area (Å²) < 4.78 is 4.91. The van der Waals surface area contributed by atoms with Gasteiger partial charge in [-0.1, -0.05) is 26.0 Å². The highest BCUT2D eigenvalue weighted by Crippen LogP contribution is 2.18. The summed E-state index contributed by atoms with van der Waals surface area (Å²) in [5, 5.41) is 3.22. The molecule has 0 heterocycles. The number of carbonyl (C=O) groups excluding carboxylic acids is 1. The van der Waals surface area contributed by atoms with Gasteiger partial charge in [0.1, 0.15) is 5.54 Å². The molecule has 1 unspecified atom stereocenters. The summed E-state index contributed by atoms with van der Waals surface area (Å²) in [4.78, 5) is 14.0. The van der Waals surface area contributed by atoms with Gasteiger partial charge in [-0.3, -0.25) is 0 Å². The van der Waals surface area contributed by atoms with Crippen LogP contribution in [-0.4, -0.2) is 38.8 Å². The number of hydrogen-bond acceptors (Lipinski definition) is 4. The van der Waals surface area contributed by atoms with E-state index in [1.165, 1.54) is 12.7 Å². The lowest BCUT2D eigenvalue weighted by Gasteiger charge is -2.33. The summed E-state index contributed by atoms with van der Waals surface area (Å²) in [6.07, 6.45) is 1.03. The minimum Gasteiger partial charge on any atom is -0.468 e. The van der Waals surface area contributed by atoms with Crippen molar-refractivity contribution in [3.8, 4) is 0 Å². The number of benzene rings is 1. The molecule has 20 heavy (non-hydrogen) atoms. The number of aryl methyl sites for hydroxylation is 1. The van der Waals surface area contributed by atoms with E-state index >= 15 is 0 Å². The minimum atomic E-state index is -0.707. The maximum absolute atomic E-state index is 12.0. The summed E-state index contributed by atoms with van der Waals surface area (Å²) in [7, 11) is 3.41. The summed E-state index contributed by atoms with van der Waals surface area (Å²) in [5.41, 5.74) is 1.70. The second-order valence-corrected chi connectivity index (χ2v) is 5.23. The normalized spacial score (nSPS) is 13.7. The van der Waals surface area contributed by atoms with Gasteiger partial charge in [0, 0.05) is 19.3 Å². The molecule has 0 radical (unpaired) electrons. The first-order valence-corrected chi connectivity index (χ1v) is 7.10. The van der Waals surface area contributed by atoms with Crippen molar-refractivity contribution < 1.29 is 9.53 Å². The van der Waals surface area contributed by atoms with Gasteiger partial charge in [0.2, 0.25) is 0 Å². The summed E-state index contributed by atoms with van der Waals surface area (Å²) in [5.74, 6) is -0.239. The molecule has 0 bridgehead atoms. The molecule has 0 aromatic heterocycles. The smallest absolute Gasteiger partial charge is 0.327 e. The molecule has 0 saturated heterocycles. The first-order chi connectivity index (χ1) is 9.46. The summed E-state index contributed by atoms with van der Waals surface area (Å²) >= 11 is 0. The molecule has 0 aliphatic carbocycles. The topological polar surface area (TPSA) is 41.6 Å². The number of anilines is 1. The Morgan fingerprint density at radius 1 is 1.30 bits per heavy atom. The zero-order valence-electron chi connectivity index (χ0n) is 13.2. The molecule has 112 valence electrons. The fourth-order valence-electron chi connectivity index (χ4n) is 2.36. The van der Waals surface area contributed by atoms with Crippen LogP contribution in [0.5, 0.6) is 0 Å². The Morgan fingerprint density at radius 3 is 2.35 bits per heavy atom. The molecule has 1 N–H and O–H groups in total. The van der Waals surface area contributed by atoms with Gasteiger partial charge in [0.15, 0.2) is 0 Å². The van der Waals surface area contributed by atoms with E-state index in [-0.39, 0.29) is 5.97 Å². The lowest BCUT2D eigenvalue weighted by atomic mass is 10.0. The highest BCUT2D eigenvalue weighted by molar-refractivity contribution is 5.81. The molecule has 4 heteroatoms. The zero-order valence-corrected chi connectivity index (χ0v) is 13.2. The van der Waals surface area contributed by atoms with Crippen LogP contribution in [0.25, 0.3) is 0 Å². The number of hydrogen-bond donors (Lipinski definition) is 1. The third-order valence-corrected chi connectivity index (χ3v) is 3.54. The summed E-state index contributed by atoms with van der Waals surface area (Å²) in [6, 6.07) is 8.41. The Balaban J connectivity index is 2.84. The molecule has 0 fully saturated rings. The van der Waals surface area contributed by atoms with Crippen molar-refractivity contribution >= 4 is 11.7 Å². The van der Waals surface area contributed by atoms with Crippen molar-refractivity contribution in [2.75, 3.05) is 32.1 Å². The van der Waals surface area contributed by atoms with Crippen LogP contribution in [0.1, 0.15) is 26.3 Å². The van der Waals surface area contributed by atoms with E-state index in [0.717, 1.165) is 12.1 Å². The summed E-state index contributed by atoms with van der Waals surface area (Å²) in [6.45, 7) is 7.27. The van der Waals surface area contributed by atoms with Crippen molar-refractivity contribution in [1.82, 2.24) is 5.32 Å². The fourth-order valence-corrected chi connectivity index (χ4v) is 2.36. The van der Waals surface area contributed by atoms with Crippen molar-refractivity contribution in [2.45, 2.75) is 32.7 Å². The molecule has 1 aromatic rings. The van der Waals surface area contributed by atoms with E-state index in [2.05, 4.69) is 41.4 Å². The van der Waals surface area contributed by atoms with Gasteiger partial charge in [-0.25, -0.2) is 4.79 Å². The number of rotatable bonds is 7. The fraction of sp³-hybridized carbons (Fsp3) is 0.562. The molecule has 0 aliphatic rings. The molecular weight excluding hydrogens is 252 g/mol. The molecule has 1 atom stereocenters. The van der Waals surface area contributed by atoms with Crippen LogP contribution in [0.2, 0.25) is 0 Å². The average molecular weight is 278 g/mol. The molecule has 0 amide bonds. The highest BCUT2D eigenvalue weighted by Gasteiger charge is 2.34. The average Bonchev–Trinajstić information content (AvgIpc) is 2.46. The van der Waals surface area contributed by atoms with Crippen molar-refractivity contribution in [3.63, 3.8) is 0 Å². The van der Waals surface area contributed by atoms with E-state index in [1.807, 2.05) is 20.9 Å². The van der Waals surface area contributed by atoms with Crippen LogP contribution in [0.15, 0.2) is 24.3 Å². The Hall–Kier alpha value is -1.55. The van der Waals surface area contributed by atoms with Crippen LogP contribution in [0, 0.1) is 0 Å². The number of carbonyl (C=O) groups is 1. The van der Waals surface area contributed by atoms with E-state index < -0.39 is 5.54 Å². The van der Waals surface area contributed by atoms with Crippen LogP contribution in [-0.2, 0) is 16.0 Å². The third kappa shape index (κ3) is 3.97. The predicted molar refractivity (Wildman–Crippen MR) is 83.2 cm³/mol. The van der Waals surface area contributed by atoms with Crippen molar-refractivity contribution in [1.29, 1.82) is 0 Å². The number of nitrogens with one attached hydrogen (secondary N) is 1. The maximum Gasteiger partial charge on any atom is 0.327 e. The Bertz CT molecular complexity index is 431. The SMILES string of the molecule is CCNC(C)(CN(C)c1ccc(CC)cc1)C(=O)OC. The molecule has 0 aliphatic heterocycles. The van der Waals surface area contributed by atoms with Crippen LogP contribution in [0.4, 0.5) is 5.69 Å². The Labute approximate surface area is 122 Å². The number of nitrogens with zero attached hydrogens (tertiary/aromatic N) is 1. The van der Waals surface area contributed by atoms with E-state index in [4.69, 9.17) is 4.74 Å². The van der Waals surface area contributed by atoms with Gasteiger partial charge in [-0.15, -0.1) is 0 Å². The Morgan fingerprint density at radius 2 is 1.90 bits per heavy atom. The first kappa shape index (κ1) is 16.5. The van der Waals surface area contributed by atoms with E-state index in [0.29, 0.717) is 13.1 Å². The largest absolute Gasteiger partial charge is 0.468 e. The van der Waals surface area contributed by atoms with E-state index in [1.54, 1.807) is 0 Å². The van der Waals surface area contributed by atoms with Gasteiger partial charge >= 0.3 is 5.97 Å². The van der Waals surface area contributed by atoms with Gasteiger partial charge in [-0.2, -0.15) is 0 Å². The van der Waals surface area contributed by atoms with Gasteiger partial charge in [0.25, 0.3) is 0 Å². The number of ether oxygens (including phenoxy) is 1. The zero-order chi connectivity index (χ0) is 15.2. The van der Waals surface area contributed by atoms with Gasteiger partial charge in [-0.05, 0) is 37.6 Å². The molecule has 0 spiro atoms. The lowest BCUT2D eigenvalue weighted by molar-refractivity contribution is -0.147. The van der Waals surface area contributed by atoms with Gasteiger partial charge in [0.05, 0.1) is 7.11 Å². The number of esters is 1. The van der Waals surface area contributed by atoms with Crippen LogP contribution in [0.3, 0.4) is 0 Å². The predicted octanol–water partition coefficient (Wildman–Crippen LogP) is 2.23. The molecule has 4 nitrogen and oxygen atoms in total. The highest BCUT2D eigenvalue weighted by atomic mass is 16.5. The number of methoxy groups -OCH3 is 1. The molecule has 1 aromatic carbocycles. The Kier molecular flexibility index (Phi) is 6.02. The lowest BCUT2D eigenvalue weighted by Crippen LogP contribution is -2.56. The molecular formula is C16H26N2O2. The molecule has 0 saturated carbocycles. The third-order valence-electron chi connectivity index (χ3n) is 3.54. The van der Waals surface area contributed by atoms with E-state index in [9.17, 15) is 4.79 Å². The van der Waals surface area contributed by atoms with Crippen LogP contribution >= 0.6 is 0 Å². The number of likely N-dealkylation sites (N-methyl/N-ethyl adjacent to an activating group) is 2. The standard InChI is InChI=1S/C16H26N2O2/c1-6-13-8-10-14(11-9-13)18(4)12-16(3,17-7-2)15(19)20-5/h8-11,17H,6-7,12H2,1-5H3. The van der Waals surface area contributed by atoms with Crippen LogP contribution < -0.4 is 10.2 Å². The van der Waals surface area contributed by atoms with Gasteiger partial charge < -0.3 is 15.0 Å². The maximum atomic E-state index is 12.0. The van der Waals surface area contributed by atoms with Crippen molar-refractivity contribution in [3.05, 3.63) is 29.8 Å².